The summed E-state index contributed by atoms with van der Waals surface area (Å²) in [6.07, 6.45) is -0.337. The third-order valence-corrected chi connectivity index (χ3v) is 1.90. The van der Waals surface area contributed by atoms with Crippen molar-refractivity contribution in [2.24, 2.45) is 10.9 Å². The monoisotopic (exact) mass is 220 g/mol. The van der Waals surface area contributed by atoms with E-state index in [4.69, 9.17) is 26.9 Å². The van der Waals surface area contributed by atoms with Crippen molar-refractivity contribution in [3.63, 3.8) is 0 Å². The van der Waals surface area contributed by atoms with Gasteiger partial charge in [0.25, 0.3) is 0 Å². The summed E-state index contributed by atoms with van der Waals surface area (Å²) in [6, 6.07) is -0.836. The summed E-state index contributed by atoms with van der Waals surface area (Å²) in [7, 11) is 0. The molecule has 0 spiro atoms. The fourth-order valence-electron chi connectivity index (χ4n) is 1.02. The number of ether oxygens (including phenoxy) is 1. The second-order valence-corrected chi connectivity index (χ2v) is 3.76. The molecule has 0 saturated heterocycles. The van der Waals surface area contributed by atoms with Gasteiger partial charge in [0.1, 0.15) is 11.2 Å². The van der Waals surface area contributed by atoms with Crippen LogP contribution < -0.4 is 5.73 Å². The summed E-state index contributed by atoms with van der Waals surface area (Å²) < 4.78 is 4.92. The predicted molar refractivity (Wildman–Crippen MR) is 52.0 cm³/mol. The van der Waals surface area contributed by atoms with Gasteiger partial charge in [-0.15, -0.1) is 0 Å². The first-order chi connectivity index (χ1) is 6.50. The minimum Gasteiger partial charge on any atom is -0.462 e. The van der Waals surface area contributed by atoms with Gasteiger partial charge >= 0.3 is 5.97 Å². The summed E-state index contributed by atoms with van der Waals surface area (Å²) in [5.74, 6) is -0.494. The Bertz CT molecular complexity index is 255. The summed E-state index contributed by atoms with van der Waals surface area (Å²) in [4.78, 5) is 16.2. The molecule has 0 aromatic carbocycles. The molecule has 1 aliphatic heterocycles. The van der Waals surface area contributed by atoms with Gasteiger partial charge in [-0.25, -0.2) is 0 Å². The van der Waals surface area contributed by atoms with Crippen molar-refractivity contribution in [2.75, 3.05) is 0 Å². The number of rotatable bonds is 3. The lowest BCUT2D eigenvalue weighted by Crippen LogP contribution is -2.43. The highest BCUT2D eigenvalue weighted by Crippen LogP contribution is 2.16. The largest absolute Gasteiger partial charge is 0.462 e. The first kappa shape index (κ1) is 11.3. The number of nitrogens with zero attached hydrogens (tertiary/aromatic N) is 1. The molecule has 0 amide bonds. The molecule has 5 nitrogen and oxygen atoms in total. The predicted octanol–water partition coefficient (Wildman–Crippen LogP) is 0.607. The van der Waals surface area contributed by atoms with Gasteiger partial charge in [-0.3, -0.25) is 4.79 Å². The molecule has 1 aliphatic rings. The fourth-order valence-corrected chi connectivity index (χ4v) is 1.21. The van der Waals surface area contributed by atoms with E-state index >= 15 is 0 Å². The van der Waals surface area contributed by atoms with Crippen LogP contribution in [0.4, 0.5) is 0 Å². The number of hydrogen-bond donors (Lipinski definition) is 1. The number of esters is 1. The van der Waals surface area contributed by atoms with E-state index in [0.29, 0.717) is 11.6 Å². The number of carbonyl (C=O) groups is 1. The highest BCUT2D eigenvalue weighted by Gasteiger charge is 2.32. The van der Waals surface area contributed by atoms with Gasteiger partial charge in [0.15, 0.2) is 6.10 Å². The van der Waals surface area contributed by atoms with Crippen LogP contribution in [0.2, 0.25) is 0 Å². The summed E-state index contributed by atoms with van der Waals surface area (Å²) in [6.45, 7) is 3.51. The van der Waals surface area contributed by atoms with Crippen LogP contribution in [0.5, 0.6) is 0 Å². The maximum absolute atomic E-state index is 11.3. The average molecular weight is 221 g/mol. The Balaban J connectivity index is 2.42. The van der Waals surface area contributed by atoms with Gasteiger partial charge in [-0.05, 0) is 13.8 Å². The van der Waals surface area contributed by atoms with Gasteiger partial charge in [-0.1, -0.05) is 16.8 Å². The minimum absolute atomic E-state index is 0.189. The molecular weight excluding hydrogens is 208 g/mol. The van der Waals surface area contributed by atoms with Gasteiger partial charge in [0.2, 0.25) is 0 Å². The molecule has 80 valence electrons. The van der Waals surface area contributed by atoms with Gasteiger partial charge < -0.3 is 15.3 Å². The van der Waals surface area contributed by atoms with E-state index in [-0.39, 0.29) is 6.10 Å². The van der Waals surface area contributed by atoms with E-state index in [1.54, 1.807) is 13.8 Å². The molecule has 0 bridgehead atoms. The third kappa shape index (κ3) is 2.85. The maximum Gasteiger partial charge on any atom is 0.327 e. The van der Waals surface area contributed by atoms with Crippen molar-refractivity contribution in [1.82, 2.24) is 0 Å². The first-order valence-corrected chi connectivity index (χ1v) is 4.72. The fraction of sp³-hybridized carbons (Fsp3) is 0.750. The van der Waals surface area contributed by atoms with Crippen LogP contribution in [0.1, 0.15) is 20.3 Å². The molecule has 2 atom stereocenters. The summed E-state index contributed by atoms with van der Waals surface area (Å²) in [5, 5.41) is 3.82. The van der Waals surface area contributed by atoms with Crippen LogP contribution in [0, 0.1) is 0 Å². The normalized spacial score (nSPS) is 22.9. The van der Waals surface area contributed by atoms with Gasteiger partial charge in [0, 0.05) is 6.42 Å². The van der Waals surface area contributed by atoms with E-state index in [1.807, 2.05) is 0 Å². The number of nitrogens with two attached hydrogens (primary N) is 1. The van der Waals surface area contributed by atoms with Crippen LogP contribution >= 0.6 is 11.6 Å². The average Bonchev–Trinajstić information content (AvgIpc) is 2.49. The van der Waals surface area contributed by atoms with Crippen LogP contribution in [-0.4, -0.2) is 29.4 Å². The number of oxime groups is 1. The molecule has 6 heteroatoms. The maximum atomic E-state index is 11.3. The van der Waals surface area contributed by atoms with Crippen LogP contribution in [-0.2, 0) is 14.4 Å². The van der Waals surface area contributed by atoms with Crippen molar-refractivity contribution in [3.8, 4) is 0 Å². The second-order valence-electron chi connectivity index (χ2n) is 3.33. The molecule has 0 saturated carbocycles. The van der Waals surface area contributed by atoms with Crippen LogP contribution in [0.15, 0.2) is 5.16 Å². The highest BCUT2D eigenvalue weighted by molar-refractivity contribution is 6.65. The van der Waals surface area contributed by atoms with E-state index in [1.165, 1.54) is 0 Å². The topological polar surface area (TPSA) is 73.9 Å². The Kier molecular flexibility index (Phi) is 3.71. The number of hydrogen-bond acceptors (Lipinski definition) is 5. The lowest BCUT2D eigenvalue weighted by Gasteiger charge is -2.17. The standard InChI is InChI=1S/C8H13ClN2O3/c1-4(2)13-8(12)7(10)5-3-6(9)11-14-5/h4-5,7H,3,10H2,1-2H3. The molecule has 14 heavy (non-hydrogen) atoms. The molecule has 1 heterocycles. The van der Waals surface area contributed by atoms with E-state index < -0.39 is 18.1 Å². The molecule has 1 rings (SSSR count). The zero-order chi connectivity index (χ0) is 10.7. The van der Waals surface area contributed by atoms with Crippen molar-refractivity contribution in [2.45, 2.75) is 38.5 Å². The Labute approximate surface area is 87.2 Å². The molecule has 0 aromatic heterocycles. The number of carbonyl (C=O) groups excluding carboxylic acids is 1. The Morgan fingerprint density at radius 1 is 1.79 bits per heavy atom. The smallest absolute Gasteiger partial charge is 0.327 e. The third-order valence-electron chi connectivity index (χ3n) is 1.68. The first-order valence-electron chi connectivity index (χ1n) is 4.35. The lowest BCUT2D eigenvalue weighted by molar-refractivity contribution is -0.152. The molecule has 0 radical (unpaired) electrons. The van der Waals surface area contributed by atoms with Crippen molar-refractivity contribution in [1.29, 1.82) is 0 Å². The molecular formula is C8H13ClN2O3. The molecule has 0 aliphatic carbocycles. The van der Waals surface area contributed by atoms with Crippen molar-refractivity contribution >= 4 is 22.7 Å². The van der Waals surface area contributed by atoms with E-state index in [0.717, 1.165) is 0 Å². The SMILES string of the molecule is CC(C)OC(=O)C(N)C1CC(Cl)=NO1. The van der Waals surface area contributed by atoms with Gasteiger partial charge in [-0.2, -0.15) is 0 Å². The Morgan fingerprint density at radius 2 is 2.43 bits per heavy atom. The highest BCUT2D eigenvalue weighted by atomic mass is 35.5. The van der Waals surface area contributed by atoms with E-state index in [9.17, 15) is 4.79 Å². The number of halogens is 1. The molecule has 2 N–H and O–H groups in total. The minimum atomic E-state index is -0.836. The zero-order valence-electron chi connectivity index (χ0n) is 8.07. The second kappa shape index (κ2) is 4.61. The Hall–Kier alpha value is -0.810. The Morgan fingerprint density at radius 3 is 2.86 bits per heavy atom. The summed E-state index contributed by atoms with van der Waals surface area (Å²) >= 11 is 5.58. The van der Waals surface area contributed by atoms with Crippen molar-refractivity contribution in [3.05, 3.63) is 0 Å². The van der Waals surface area contributed by atoms with Gasteiger partial charge in [0.05, 0.1) is 6.10 Å². The van der Waals surface area contributed by atoms with Crippen LogP contribution in [0.3, 0.4) is 0 Å². The molecule has 0 fully saturated rings. The van der Waals surface area contributed by atoms with Crippen molar-refractivity contribution < 1.29 is 14.4 Å². The quantitative estimate of drug-likeness (QED) is 0.707. The summed E-state index contributed by atoms with van der Waals surface area (Å²) in [5.41, 5.74) is 5.60. The molecule has 0 aromatic rings. The lowest BCUT2D eigenvalue weighted by atomic mass is 10.1. The molecule has 2 unspecified atom stereocenters. The zero-order valence-corrected chi connectivity index (χ0v) is 8.82. The van der Waals surface area contributed by atoms with Crippen LogP contribution in [0.25, 0.3) is 0 Å². The van der Waals surface area contributed by atoms with E-state index in [2.05, 4.69) is 5.16 Å².